The molecule has 2 fully saturated rings. The molecule has 1 saturated heterocycles. The molecule has 2 aromatic heterocycles. The quantitative estimate of drug-likeness (QED) is 0.417. The van der Waals surface area contributed by atoms with Crippen LogP contribution in [0.15, 0.2) is 41.0 Å². The summed E-state index contributed by atoms with van der Waals surface area (Å²) < 4.78 is 22.7. The van der Waals surface area contributed by atoms with Crippen LogP contribution in [-0.2, 0) is 11.3 Å². The number of piperazine rings is 1. The van der Waals surface area contributed by atoms with Crippen molar-refractivity contribution in [2.75, 3.05) is 44.7 Å². The molecule has 1 N–H and O–H groups in total. The molecule has 2 aliphatic heterocycles. The fourth-order valence-corrected chi connectivity index (χ4v) is 6.35. The van der Waals surface area contributed by atoms with E-state index in [0.717, 1.165) is 48.4 Å². The predicted octanol–water partition coefficient (Wildman–Crippen LogP) is 4.75. The van der Waals surface area contributed by atoms with Gasteiger partial charge in [0.2, 0.25) is 6.41 Å². The van der Waals surface area contributed by atoms with Gasteiger partial charge in [-0.25, -0.2) is 9.37 Å². The number of halogens is 2. The second-order valence-electron chi connectivity index (χ2n) is 10.2. The number of aromatic nitrogens is 2. The largest absolute Gasteiger partial charge is 0.493 e. The minimum atomic E-state index is -0.437. The minimum absolute atomic E-state index is 0.172. The molecular weight excluding hydrogens is 537 g/mol. The van der Waals surface area contributed by atoms with E-state index in [9.17, 15) is 9.18 Å². The summed E-state index contributed by atoms with van der Waals surface area (Å²) in [6, 6.07) is 7.87. The van der Waals surface area contributed by atoms with Gasteiger partial charge in [-0.3, -0.25) is 4.79 Å². The Morgan fingerprint density at radius 2 is 2.11 bits per heavy atom. The van der Waals surface area contributed by atoms with Gasteiger partial charge >= 0.3 is 0 Å². The van der Waals surface area contributed by atoms with Crippen LogP contribution in [0, 0.1) is 11.7 Å². The fourth-order valence-electron chi connectivity index (χ4n) is 5.64. The lowest BCUT2D eigenvalue weighted by Gasteiger charge is -2.40. The molecule has 9 heteroatoms. The molecule has 194 valence electrons. The van der Waals surface area contributed by atoms with Gasteiger partial charge in [-0.1, -0.05) is 6.08 Å². The van der Waals surface area contributed by atoms with Crippen molar-refractivity contribution in [2.24, 2.45) is 5.92 Å². The van der Waals surface area contributed by atoms with Crippen LogP contribution in [0.5, 0.6) is 5.75 Å². The van der Waals surface area contributed by atoms with Gasteiger partial charge in [0.1, 0.15) is 5.82 Å². The van der Waals surface area contributed by atoms with Gasteiger partial charge in [-0.2, -0.15) is 0 Å². The molecule has 6 rings (SSSR count). The maximum atomic E-state index is 13.8. The number of nitrogens with one attached hydrogen (secondary N) is 1. The van der Waals surface area contributed by atoms with E-state index in [4.69, 9.17) is 4.74 Å². The summed E-state index contributed by atoms with van der Waals surface area (Å²) in [7, 11) is 1.52. The average molecular weight is 568 g/mol. The van der Waals surface area contributed by atoms with Gasteiger partial charge < -0.3 is 24.4 Å². The number of carbonyl (C=O) groups excluding carboxylic acids is 1. The van der Waals surface area contributed by atoms with Crippen LogP contribution in [0.3, 0.4) is 0 Å². The molecule has 1 saturated carbocycles. The number of ether oxygens (including phenoxy) is 1. The van der Waals surface area contributed by atoms with Crippen molar-refractivity contribution in [2.45, 2.75) is 31.8 Å². The first-order valence-corrected chi connectivity index (χ1v) is 13.7. The van der Waals surface area contributed by atoms with Gasteiger partial charge in [-0.15, -0.1) is 0 Å². The number of benzene rings is 1. The van der Waals surface area contributed by atoms with Gasteiger partial charge in [0.25, 0.3) is 0 Å². The number of fused-ring (bicyclic) bond motifs is 1. The first-order valence-electron chi connectivity index (χ1n) is 12.9. The molecule has 1 aromatic carbocycles. The van der Waals surface area contributed by atoms with Gasteiger partial charge in [0, 0.05) is 54.3 Å². The molecule has 1 amide bonds. The van der Waals surface area contributed by atoms with Crippen LogP contribution < -0.4 is 15.0 Å². The SMILES string of the molecule is COc1cc(F)cnc1N1CCN(C=O)C(c2cc(Br)c3c(c2)cc(C2=CCCNC2)n3CC2CC2)C1. The zero-order valence-corrected chi connectivity index (χ0v) is 22.5. The molecule has 3 aliphatic rings. The number of amides is 1. The summed E-state index contributed by atoms with van der Waals surface area (Å²) in [6.45, 7) is 4.61. The topological polar surface area (TPSA) is 62.6 Å². The summed E-state index contributed by atoms with van der Waals surface area (Å²) in [5.74, 6) is 1.29. The zero-order valence-electron chi connectivity index (χ0n) is 20.9. The summed E-state index contributed by atoms with van der Waals surface area (Å²) in [6.07, 6.45) is 8.12. The molecule has 7 nitrogen and oxygen atoms in total. The highest BCUT2D eigenvalue weighted by molar-refractivity contribution is 9.10. The minimum Gasteiger partial charge on any atom is -0.493 e. The predicted molar refractivity (Wildman–Crippen MR) is 146 cm³/mol. The van der Waals surface area contributed by atoms with Crippen molar-refractivity contribution in [3.63, 3.8) is 0 Å². The number of hydrogen-bond acceptors (Lipinski definition) is 5. The summed E-state index contributed by atoms with van der Waals surface area (Å²) in [5, 5.41) is 4.69. The standard InChI is InChI=1S/C28H31BrFN5O2/c1-37-26-12-22(30)14-32-28(26)33-7-8-34(17-36)25(16-33)20-9-21-11-24(19-3-2-6-31-13-19)35(15-18-4-5-18)27(21)23(29)10-20/h3,9-12,14,17-18,25,31H,2,4-8,13,15-16H2,1H3. The molecular formula is C28H31BrFN5O2. The third-order valence-corrected chi connectivity index (χ3v) is 8.33. The van der Waals surface area contributed by atoms with E-state index in [2.05, 4.69) is 60.0 Å². The fraction of sp³-hybridized carbons (Fsp3) is 0.429. The molecule has 1 atom stereocenters. The first kappa shape index (κ1) is 24.4. The third-order valence-electron chi connectivity index (χ3n) is 7.72. The van der Waals surface area contributed by atoms with Gasteiger partial charge in [0.15, 0.2) is 11.6 Å². The highest BCUT2D eigenvalue weighted by atomic mass is 79.9. The Hall–Kier alpha value is -2.91. The Balaban J connectivity index is 1.39. The van der Waals surface area contributed by atoms with E-state index in [1.54, 1.807) is 0 Å². The van der Waals surface area contributed by atoms with Crippen molar-refractivity contribution in [3.05, 3.63) is 58.1 Å². The Kier molecular flexibility index (Phi) is 6.67. The van der Waals surface area contributed by atoms with Gasteiger partial charge in [-0.05, 0) is 77.0 Å². The lowest BCUT2D eigenvalue weighted by molar-refractivity contribution is -0.120. The van der Waals surface area contributed by atoms with E-state index in [0.29, 0.717) is 31.2 Å². The van der Waals surface area contributed by atoms with E-state index >= 15 is 0 Å². The Labute approximate surface area is 224 Å². The van der Waals surface area contributed by atoms with Crippen molar-refractivity contribution >= 4 is 44.6 Å². The molecule has 0 radical (unpaired) electrons. The maximum absolute atomic E-state index is 13.8. The molecule has 37 heavy (non-hydrogen) atoms. The number of pyridine rings is 1. The number of anilines is 1. The highest BCUT2D eigenvalue weighted by Crippen LogP contribution is 2.40. The molecule has 1 unspecified atom stereocenters. The lowest BCUT2D eigenvalue weighted by Crippen LogP contribution is -2.48. The van der Waals surface area contributed by atoms with Crippen LogP contribution in [0.4, 0.5) is 10.2 Å². The lowest BCUT2D eigenvalue weighted by atomic mass is 10.0. The van der Waals surface area contributed by atoms with Crippen molar-refractivity contribution in [3.8, 4) is 5.75 Å². The summed E-state index contributed by atoms with van der Waals surface area (Å²) in [4.78, 5) is 20.3. The second-order valence-corrected chi connectivity index (χ2v) is 11.1. The van der Waals surface area contributed by atoms with E-state index in [1.807, 2.05) is 4.90 Å². The van der Waals surface area contributed by atoms with E-state index in [-0.39, 0.29) is 6.04 Å². The summed E-state index contributed by atoms with van der Waals surface area (Å²) in [5.41, 5.74) is 4.90. The van der Waals surface area contributed by atoms with Crippen LogP contribution in [-0.4, -0.2) is 60.7 Å². The average Bonchev–Trinajstić information content (AvgIpc) is 3.67. The number of hydrogen-bond donors (Lipinski definition) is 1. The highest BCUT2D eigenvalue weighted by Gasteiger charge is 2.31. The Morgan fingerprint density at radius 1 is 1.24 bits per heavy atom. The van der Waals surface area contributed by atoms with Crippen molar-refractivity contribution < 1.29 is 13.9 Å². The molecule has 0 spiro atoms. The van der Waals surface area contributed by atoms with E-state index < -0.39 is 5.82 Å². The van der Waals surface area contributed by atoms with Crippen LogP contribution >= 0.6 is 15.9 Å². The first-order chi connectivity index (χ1) is 18.1. The normalized spacial score (nSPS) is 20.3. The Bertz CT molecular complexity index is 1370. The molecule has 3 aromatic rings. The van der Waals surface area contributed by atoms with Crippen LogP contribution in [0.25, 0.3) is 16.5 Å². The number of carbonyl (C=O) groups is 1. The van der Waals surface area contributed by atoms with Gasteiger partial charge in [0.05, 0.1) is 24.9 Å². The monoisotopic (exact) mass is 567 g/mol. The number of methoxy groups -OCH3 is 1. The zero-order chi connectivity index (χ0) is 25.5. The van der Waals surface area contributed by atoms with Crippen molar-refractivity contribution in [1.29, 1.82) is 0 Å². The summed E-state index contributed by atoms with van der Waals surface area (Å²) >= 11 is 3.90. The molecule has 1 aliphatic carbocycles. The Morgan fingerprint density at radius 3 is 2.84 bits per heavy atom. The number of rotatable bonds is 7. The maximum Gasteiger partial charge on any atom is 0.210 e. The smallest absolute Gasteiger partial charge is 0.210 e. The van der Waals surface area contributed by atoms with Crippen LogP contribution in [0.2, 0.25) is 0 Å². The molecule has 0 bridgehead atoms. The molecule has 4 heterocycles. The van der Waals surface area contributed by atoms with Crippen molar-refractivity contribution in [1.82, 2.24) is 19.8 Å². The second kappa shape index (κ2) is 10.1. The number of nitrogens with zero attached hydrogens (tertiary/aromatic N) is 4. The third kappa shape index (κ3) is 4.75. The van der Waals surface area contributed by atoms with E-state index in [1.165, 1.54) is 54.4 Å². The van der Waals surface area contributed by atoms with Crippen LogP contribution in [0.1, 0.15) is 36.6 Å².